The van der Waals surface area contributed by atoms with Gasteiger partial charge in [0.15, 0.2) is 0 Å². The Labute approximate surface area is 106 Å². The van der Waals surface area contributed by atoms with E-state index < -0.39 is 0 Å². The van der Waals surface area contributed by atoms with Crippen molar-refractivity contribution in [1.82, 2.24) is 10.2 Å². The van der Waals surface area contributed by atoms with Crippen LogP contribution in [0.15, 0.2) is 0 Å². The first-order valence-corrected chi connectivity index (χ1v) is 7.32. The molecule has 1 saturated heterocycles. The van der Waals surface area contributed by atoms with Gasteiger partial charge in [0.2, 0.25) is 0 Å². The summed E-state index contributed by atoms with van der Waals surface area (Å²) in [5.74, 6) is 1.26. The van der Waals surface area contributed by atoms with Gasteiger partial charge in [-0.05, 0) is 57.7 Å². The molecule has 2 N–H and O–H groups in total. The molecule has 0 aromatic rings. The molecule has 2 aliphatic rings. The number of aliphatic hydroxyl groups is 1. The second-order valence-electron chi connectivity index (χ2n) is 6.00. The molecule has 3 nitrogen and oxygen atoms in total. The van der Waals surface area contributed by atoms with Crippen molar-refractivity contribution in [3.63, 3.8) is 0 Å². The van der Waals surface area contributed by atoms with Gasteiger partial charge in [0.1, 0.15) is 0 Å². The van der Waals surface area contributed by atoms with Gasteiger partial charge in [0.05, 0.1) is 0 Å². The second-order valence-corrected chi connectivity index (χ2v) is 6.00. The largest absolute Gasteiger partial charge is 0.396 e. The Morgan fingerprint density at radius 2 is 1.88 bits per heavy atom. The molecule has 1 aliphatic carbocycles. The molecule has 2 fully saturated rings. The average Bonchev–Trinajstić information content (AvgIpc) is 2.37. The van der Waals surface area contributed by atoms with Gasteiger partial charge in [0, 0.05) is 19.2 Å². The monoisotopic (exact) mass is 240 g/mol. The van der Waals surface area contributed by atoms with Crippen LogP contribution in [0.5, 0.6) is 0 Å². The zero-order valence-corrected chi connectivity index (χ0v) is 11.2. The zero-order valence-electron chi connectivity index (χ0n) is 11.2. The highest BCUT2D eigenvalue weighted by Crippen LogP contribution is 2.29. The van der Waals surface area contributed by atoms with Crippen LogP contribution in [-0.4, -0.2) is 49.3 Å². The van der Waals surface area contributed by atoms with Crippen LogP contribution >= 0.6 is 0 Å². The molecule has 1 aliphatic heterocycles. The van der Waals surface area contributed by atoms with Crippen LogP contribution in [-0.2, 0) is 0 Å². The fraction of sp³-hybridized carbons (Fsp3) is 1.00. The van der Waals surface area contributed by atoms with Crippen molar-refractivity contribution >= 4 is 0 Å². The Bertz CT molecular complexity index is 222. The highest BCUT2D eigenvalue weighted by atomic mass is 16.3. The SMILES string of the molecule is CN1CCCC(NCC2CCCCC2CO)C1. The zero-order chi connectivity index (χ0) is 12.1. The van der Waals surface area contributed by atoms with Crippen LogP contribution < -0.4 is 5.32 Å². The fourth-order valence-electron chi connectivity index (χ4n) is 3.44. The molecule has 3 unspecified atom stereocenters. The predicted octanol–water partition coefficient (Wildman–Crippen LogP) is 1.47. The van der Waals surface area contributed by atoms with E-state index in [0.29, 0.717) is 24.5 Å². The maximum atomic E-state index is 9.40. The third kappa shape index (κ3) is 3.94. The van der Waals surface area contributed by atoms with Crippen LogP contribution in [0.1, 0.15) is 38.5 Å². The van der Waals surface area contributed by atoms with Crippen LogP contribution in [0, 0.1) is 11.8 Å². The van der Waals surface area contributed by atoms with E-state index in [0.717, 1.165) is 6.54 Å². The van der Waals surface area contributed by atoms with Gasteiger partial charge < -0.3 is 15.3 Å². The quantitative estimate of drug-likeness (QED) is 0.781. The normalized spacial score (nSPS) is 36.0. The molecule has 17 heavy (non-hydrogen) atoms. The van der Waals surface area contributed by atoms with Crippen LogP contribution in [0.2, 0.25) is 0 Å². The van der Waals surface area contributed by atoms with Crippen molar-refractivity contribution in [2.45, 2.75) is 44.6 Å². The summed E-state index contributed by atoms with van der Waals surface area (Å²) < 4.78 is 0. The number of piperidine rings is 1. The van der Waals surface area contributed by atoms with Gasteiger partial charge in [-0.15, -0.1) is 0 Å². The van der Waals surface area contributed by atoms with Crippen molar-refractivity contribution in [2.75, 3.05) is 33.3 Å². The summed E-state index contributed by atoms with van der Waals surface area (Å²) in [5.41, 5.74) is 0. The Morgan fingerprint density at radius 1 is 1.12 bits per heavy atom. The molecule has 2 rings (SSSR count). The lowest BCUT2D eigenvalue weighted by Gasteiger charge is -2.34. The first-order valence-electron chi connectivity index (χ1n) is 7.32. The molecule has 100 valence electrons. The first-order chi connectivity index (χ1) is 8.29. The van der Waals surface area contributed by atoms with E-state index in [-0.39, 0.29) is 0 Å². The van der Waals surface area contributed by atoms with E-state index in [1.165, 1.54) is 51.6 Å². The van der Waals surface area contributed by atoms with Crippen molar-refractivity contribution in [3.8, 4) is 0 Å². The lowest BCUT2D eigenvalue weighted by atomic mass is 9.79. The molecule has 0 bridgehead atoms. The molecule has 0 aromatic heterocycles. The summed E-state index contributed by atoms with van der Waals surface area (Å²) in [4.78, 5) is 2.42. The summed E-state index contributed by atoms with van der Waals surface area (Å²) in [6, 6.07) is 0.676. The lowest BCUT2D eigenvalue weighted by Crippen LogP contribution is -2.46. The minimum absolute atomic E-state index is 0.386. The average molecular weight is 240 g/mol. The standard InChI is InChI=1S/C14H28N2O/c1-16-8-4-7-14(10-16)15-9-12-5-2-3-6-13(12)11-17/h12-15,17H,2-11H2,1H3. The van der Waals surface area contributed by atoms with Crippen LogP contribution in [0.25, 0.3) is 0 Å². The second kappa shape index (κ2) is 6.72. The molecule has 0 radical (unpaired) electrons. The Balaban J connectivity index is 1.72. The summed E-state index contributed by atoms with van der Waals surface area (Å²) in [5, 5.41) is 13.1. The molecule has 1 saturated carbocycles. The number of nitrogens with one attached hydrogen (secondary N) is 1. The summed E-state index contributed by atoms with van der Waals surface area (Å²) >= 11 is 0. The van der Waals surface area contributed by atoms with E-state index in [1.54, 1.807) is 0 Å². The Morgan fingerprint density at radius 3 is 2.59 bits per heavy atom. The van der Waals surface area contributed by atoms with Gasteiger partial charge in [-0.25, -0.2) is 0 Å². The number of hydrogen-bond acceptors (Lipinski definition) is 3. The number of likely N-dealkylation sites (N-methyl/N-ethyl adjacent to an activating group) is 1. The Kier molecular flexibility index (Phi) is 5.26. The van der Waals surface area contributed by atoms with Gasteiger partial charge >= 0.3 is 0 Å². The van der Waals surface area contributed by atoms with Crippen molar-refractivity contribution in [1.29, 1.82) is 0 Å². The third-order valence-electron chi connectivity index (χ3n) is 4.59. The fourth-order valence-corrected chi connectivity index (χ4v) is 3.44. The molecular formula is C14H28N2O. The van der Waals surface area contributed by atoms with Crippen molar-refractivity contribution in [3.05, 3.63) is 0 Å². The van der Waals surface area contributed by atoms with Gasteiger partial charge in [0.25, 0.3) is 0 Å². The number of likely N-dealkylation sites (tertiary alicyclic amines) is 1. The number of rotatable bonds is 4. The van der Waals surface area contributed by atoms with E-state index in [2.05, 4.69) is 17.3 Å². The molecule has 0 spiro atoms. The maximum absolute atomic E-state index is 9.40. The van der Waals surface area contributed by atoms with Crippen LogP contribution in [0.3, 0.4) is 0 Å². The van der Waals surface area contributed by atoms with Gasteiger partial charge in [-0.1, -0.05) is 12.8 Å². The summed E-state index contributed by atoms with van der Waals surface area (Å²) in [6.07, 6.45) is 7.85. The van der Waals surface area contributed by atoms with Crippen molar-refractivity contribution in [2.24, 2.45) is 11.8 Å². The predicted molar refractivity (Wildman–Crippen MR) is 71.1 cm³/mol. The van der Waals surface area contributed by atoms with Gasteiger partial charge in [-0.2, -0.15) is 0 Å². The molecular weight excluding hydrogens is 212 g/mol. The third-order valence-corrected chi connectivity index (χ3v) is 4.59. The molecule has 0 aromatic carbocycles. The summed E-state index contributed by atoms with van der Waals surface area (Å²) in [7, 11) is 2.21. The highest BCUT2D eigenvalue weighted by molar-refractivity contribution is 4.81. The Hall–Kier alpha value is -0.120. The van der Waals surface area contributed by atoms with E-state index >= 15 is 0 Å². The van der Waals surface area contributed by atoms with Gasteiger partial charge in [-0.3, -0.25) is 0 Å². The van der Waals surface area contributed by atoms with E-state index in [9.17, 15) is 5.11 Å². The minimum Gasteiger partial charge on any atom is -0.396 e. The lowest BCUT2D eigenvalue weighted by molar-refractivity contribution is 0.126. The number of aliphatic hydroxyl groups excluding tert-OH is 1. The highest BCUT2D eigenvalue weighted by Gasteiger charge is 2.25. The smallest absolute Gasteiger partial charge is 0.0462 e. The summed E-state index contributed by atoms with van der Waals surface area (Å²) in [6.45, 7) is 3.94. The number of hydrogen-bond donors (Lipinski definition) is 2. The van der Waals surface area contributed by atoms with Crippen LogP contribution in [0.4, 0.5) is 0 Å². The topological polar surface area (TPSA) is 35.5 Å². The molecule has 3 atom stereocenters. The van der Waals surface area contributed by atoms with E-state index in [4.69, 9.17) is 0 Å². The van der Waals surface area contributed by atoms with E-state index in [1.807, 2.05) is 0 Å². The molecule has 0 amide bonds. The number of nitrogens with zero attached hydrogens (tertiary/aromatic N) is 1. The van der Waals surface area contributed by atoms with Crippen molar-refractivity contribution < 1.29 is 5.11 Å². The maximum Gasteiger partial charge on any atom is 0.0462 e. The first kappa shape index (κ1) is 13.3. The molecule has 3 heteroatoms. The minimum atomic E-state index is 0.386. The molecule has 1 heterocycles.